The van der Waals surface area contributed by atoms with Gasteiger partial charge < -0.3 is 10.1 Å². The van der Waals surface area contributed by atoms with E-state index in [4.69, 9.17) is 4.74 Å². The molecule has 1 fully saturated rings. The highest BCUT2D eigenvalue weighted by atomic mass is 16.5. The van der Waals surface area contributed by atoms with Gasteiger partial charge in [-0.3, -0.25) is 4.79 Å². The van der Waals surface area contributed by atoms with Gasteiger partial charge in [-0.15, -0.1) is 0 Å². The molecule has 1 aliphatic rings. The van der Waals surface area contributed by atoms with Crippen molar-refractivity contribution in [2.45, 2.75) is 33.4 Å². The minimum absolute atomic E-state index is 0.00389. The molecule has 1 saturated heterocycles. The Morgan fingerprint density at radius 3 is 2.55 bits per heavy atom. The Hall–Kier alpha value is -0.570. The lowest BCUT2D eigenvalue weighted by Crippen LogP contribution is -2.49. The number of hydrogen-bond acceptors (Lipinski definition) is 2. The SMILES string of the molecule is CC(C)(C)C1NC(=O)CCO1. The molecule has 3 nitrogen and oxygen atoms in total. The van der Waals surface area contributed by atoms with E-state index in [1.807, 2.05) is 20.8 Å². The standard InChI is InChI=1S/C8H15NO2/c1-8(2,3)7-9-6(10)4-5-11-7/h7H,4-5H2,1-3H3,(H,9,10). The van der Waals surface area contributed by atoms with Crippen LogP contribution in [0.25, 0.3) is 0 Å². The van der Waals surface area contributed by atoms with E-state index in [0.29, 0.717) is 13.0 Å². The second kappa shape index (κ2) is 2.81. The second-order valence-electron chi connectivity index (χ2n) is 3.93. The molecule has 0 bridgehead atoms. The molecule has 1 aliphatic heterocycles. The van der Waals surface area contributed by atoms with E-state index in [9.17, 15) is 4.79 Å². The summed E-state index contributed by atoms with van der Waals surface area (Å²) in [6.07, 6.45) is 0.371. The summed E-state index contributed by atoms with van der Waals surface area (Å²) in [6.45, 7) is 6.68. The number of hydrogen-bond donors (Lipinski definition) is 1. The highest BCUT2D eigenvalue weighted by molar-refractivity contribution is 5.76. The van der Waals surface area contributed by atoms with Crippen molar-refractivity contribution in [3.8, 4) is 0 Å². The Labute approximate surface area is 67.1 Å². The van der Waals surface area contributed by atoms with E-state index in [1.54, 1.807) is 0 Å². The molecule has 1 rings (SSSR count). The van der Waals surface area contributed by atoms with E-state index in [2.05, 4.69) is 5.32 Å². The Kier molecular flexibility index (Phi) is 2.18. The Morgan fingerprint density at radius 1 is 1.55 bits per heavy atom. The number of ether oxygens (including phenoxy) is 1. The Balaban J connectivity index is 2.53. The fraction of sp³-hybridized carbons (Fsp3) is 0.875. The van der Waals surface area contributed by atoms with E-state index >= 15 is 0 Å². The maximum absolute atomic E-state index is 10.9. The third-order valence-electron chi connectivity index (χ3n) is 1.69. The smallest absolute Gasteiger partial charge is 0.224 e. The monoisotopic (exact) mass is 157 g/mol. The van der Waals surface area contributed by atoms with Crippen LogP contribution in [0.3, 0.4) is 0 Å². The van der Waals surface area contributed by atoms with Crippen molar-refractivity contribution < 1.29 is 9.53 Å². The molecule has 1 atom stereocenters. The molecule has 1 heterocycles. The van der Waals surface area contributed by atoms with Crippen LogP contribution < -0.4 is 5.32 Å². The third-order valence-corrected chi connectivity index (χ3v) is 1.69. The van der Waals surface area contributed by atoms with Crippen molar-refractivity contribution in [2.75, 3.05) is 6.61 Å². The molecule has 0 aliphatic carbocycles. The summed E-state index contributed by atoms with van der Waals surface area (Å²) in [7, 11) is 0. The summed E-state index contributed by atoms with van der Waals surface area (Å²) < 4.78 is 5.38. The fourth-order valence-electron chi connectivity index (χ4n) is 0.996. The van der Waals surface area contributed by atoms with Gasteiger partial charge in [0.25, 0.3) is 0 Å². The van der Waals surface area contributed by atoms with E-state index in [0.717, 1.165) is 0 Å². The fourth-order valence-corrected chi connectivity index (χ4v) is 0.996. The van der Waals surface area contributed by atoms with Gasteiger partial charge in [0.15, 0.2) is 0 Å². The van der Waals surface area contributed by atoms with Gasteiger partial charge in [0.2, 0.25) is 5.91 Å². The predicted octanol–water partition coefficient (Wildman–Crippen LogP) is 0.895. The van der Waals surface area contributed by atoms with E-state index in [-0.39, 0.29) is 17.6 Å². The maximum atomic E-state index is 10.9. The molecule has 0 spiro atoms. The second-order valence-corrected chi connectivity index (χ2v) is 3.93. The van der Waals surface area contributed by atoms with Crippen LogP contribution in [-0.2, 0) is 9.53 Å². The molecule has 1 unspecified atom stereocenters. The van der Waals surface area contributed by atoms with Crippen LogP contribution in [0.4, 0.5) is 0 Å². The average Bonchev–Trinajstić information content (AvgIpc) is 1.86. The molecule has 0 aromatic carbocycles. The van der Waals surface area contributed by atoms with Crippen molar-refractivity contribution in [3.05, 3.63) is 0 Å². The normalized spacial score (nSPS) is 26.5. The van der Waals surface area contributed by atoms with Crippen LogP contribution in [0, 0.1) is 5.41 Å². The summed E-state index contributed by atoms with van der Waals surface area (Å²) in [4.78, 5) is 10.9. The van der Waals surface area contributed by atoms with E-state index in [1.165, 1.54) is 0 Å². The molecule has 1 amide bonds. The summed E-state index contributed by atoms with van der Waals surface area (Å²) in [5, 5.41) is 2.80. The molecule has 1 N–H and O–H groups in total. The van der Waals surface area contributed by atoms with Crippen LogP contribution in [-0.4, -0.2) is 18.7 Å². The van der Waals surface area contributed by atoms with Crippen LogP contribution in [0.2, 0.25) is 0 Å². The minimum Gasteiger partial charge on any atom is -0.357 e. The lowest BCUT2D eigenvalue weighted by atomic mass is 9.93. The van der Waals surface area contributed by atoms with Gasteiger partial charge in [-0.05, 0) is 0 Å². The molecule has 0 aromatic rings. The number of carbonyl (C=O) groups is 1. The summed E-state index contributed by atoms with van der Waals surface area (Å²) >= 11 is 0. The van der Waals surface area contributed by atoms with E-state index < -0.39 is 0 Å². The average molecular weight is 157 g/mol. The topological polar surface area (TPSA) is 38.3 Å². The van der Waals surface area contributed by atoms with Gasteiger partial charge >= 0.3 is 0 Å². The van der Waals surface area contributed by atoms with Gasteiger partial charge in [0.1, 0.15) is 6.23 Å². The molecule has 0 saturated carbocycles. The maximum Gasteiger partial charge on any atom is 0.224 e. The summed E-state index contributed by atoms with van der Waals surface area (Å²) in [5.41, 5.74) is -0.00389. The largest absolute Gasteiger partial charge is 0.357 e. The van der Waals surface area contributed by atoms with Gasteiger partial charge in [0.05, 0.1) is 13.0 Å². The van der Waals surface area contributed by atoms with Gasteiger partial charge in [0, 0.05) is 5.41 Å². The van der Waals surface area contributed by atoms with Crippen LogP contribution in [0.15, 0.2) is 0 Å². The summed E-state index contributed by atoms with van der Waals surface area (Å²) in [6, 6.07) is 0. The lowest BCUT2D eigenvalue weighted by Gasteiger charge is -2.34. The molecule has 3 heteroatoms. The number of carbonyl (C=O) groups excluding carboxylic acids is 1. The lowest BCUT2D eigenvalue weighted by molar-refractivity contribution is -0.140. The van der Waals surface area contributed by atoms with Crippen molar-refractivity contribution >= 4 is 5.91 Å². The van der Waals surface area contributed by atoms with Gasteiger partial charge in [-0.1, -0.05) is 20.8 Å². The van der Waals surface area contributed by atoms with Crippen LogP contribution in [0.5, 0.6) is 0 Å². The molecular weight excluding hydrogens is 142 g/mol. The predicted molar refractivity (Wildman–Crippen MR) is 42.0 cm³/mol. The molecule has 0 radical (unpaired) electrons. The molecule has 64 valence electrons. The first-order valence-corrected chi connectivity index (χ1v) is 3.91. The number of nitrogens with one attached hydrogen (secondary N) is 1. The highest BCUT2D eigenvalue weighted by Crippen LogP contribution is 2.21. The van der Waals surface area contributed by atoms with Crippen LogP contribution >= 0.6 is 0 Å². The zero-order chi connectivity index (χ0) is 8.48. The van der Waals surface area contributed by atoms with Gasteiger partial charge in [-0.25, -0.2) is 0 Å². The first kappa shape index (κ1) is 8.53. The zero-order valence-electron chi connectivity index (χ0n) is 7.31. The first-order chi connectivity index (χ1) is 5.00. The molecular formula is C8H15NO2. The van der Waals surface area contributed by atoms with Crippen molar-refractivity contribution in [3.63, 3.8) is 0 Å². The third kappa shape index (κ3) is 2.19. The Morgan fingerprint density at radius 2 is 2.18 bits per heavy atom. The quantitative estimate of drug-likeness (QED) is 0.567. The van der Waals surface area contributed by atoms with Crippen LogP contribution in [0.1, 0.15) is 27.2 Å². The van der Waals surface area contributed by atoms with Gasteiger partial charge in [-0.2, -0.15) is 0 Å². The zero-order valence-corrected chi connectivity index (χ0v) is 7.31. The molecule has 11 heavy (non-hydrogen) atoms. The first-order valence-electron chi connectivity index (χ1n) is 3.91. The van der Waals surface area contributed by atoms with Crippen molar-refractivity contribution in [1.29, 1.82) is 0 Å². The summed E-state index contributed by atoms with van der Waals surface area (Å²) in [5.74, 6) is 0.0937. The van der Waals surface area contributed by atoms with Crippen molar-refractivity contribution in [1.82, 2.24) is 5.32 Å². The number of rotatable bonds is 0. The Bertz CT molecular complexity index is 160. The molecule has 0 aromatic heterocycles. The van der Waals surface area contributed by atoms with Crippen molar-refractivity contribution in [2.24, 2.45) is 5.41 Å². The highest BCUT2D eigenvalue weighted by Gasteiger charge is 2.29. The number of amides is 1. The minimum atomic E-state index is -0.122.